The molecule has 2 heteroatoms. The number of carbonyl (C=O) groups excluding carboxylic acids is 1. The lowest BCUT2D eigenvalue weighted by Crippen LogP contribution is -2.44. The summed E-state index contributed by atoms with van der Waals surface area (Å²) in [5, 5.41) is 0. The number of rotatable bonds is 3. The smallest absolute Gasteiger partial charge is 0.139 e. The molecule has 1 spiro atoms. The summed E-state index contributed by atoms with van der Waals surface area (Å²) < 4.78 is 6.16. The van der Waals surface area contributed by atoms with Crippen molar-refractivity contribution in [1.82, 2.24) is 0 Å². The Balaban J connectivity index is 1.57. The van der Waals surface area contributed by atoms with Crippen molar-refractivity contribution in [3.8, 4) is 0 Å². The van der Waals surface area contributed by atoms with Gasteiger partial charge >= 0.3 is 0 Å². The molecule has 0 amide bonds. The molecule has 1 unspecified atom stereocenters. The third-order valence-electron chi connectivity index (χ3n) is 6.49. The number of hydrogen-bond acceptors (Lipinski definition) is 2. The second kappa shape index (κ2) is 6.81. The number of ether oxygens (including phenoxy) is 1. The summed E-state index contributed by atoms with van der Waals surface area (Å²) in [6.45, 7) is 3.11. The van der Waals surface area contributed by atoms with Crippen LogP contribution in [0.2, 0.25) is 0 Å². The summed E-state index contributed by atoms with van der Waals surface area (Å²) in [6, 6.07) is 0. The molecule has 1 atom stereocenters. The van der Waals surface area contributed by atoms with Crippen LogP contribution in [0.3, 0.4) is 0 Å². The highest BCUT2D eigenvalue weighted by Crippen LogP contribution is 2.43. The molecular formula is C19H32O2. The fourth-order valence-corrected chi connectivity index (χ4v) is 5.00. The zero-order valence-corrected chi connectivity index (χ0v) is 13.7. The summed E-state index contributed by atoms with van der Waals surface area (Å²) in [4.78, 5) is 12.9. The summed E-state index contributed by atoms with van der Waals surface area (Å²) in [6.07, 6.45) is 14.5. The minimum atomic E-state index is 0.0808. The van der Waals surface area contributed by atoms with Crippen molar-refractivity contribution in [2.75, 3.05) is 6.61 Å². The summed E-state index contributed by atoms with van der Waals surface area (Å²) in [5.74, 6) is 2.16. The average molecular weight is 292 g/mol. The van der Waals surface area contributed by atoms with Crippen molar-refractivity contribution in [3.63, 3.8) is 0 Å². The van der Waals surface area contributed by atoms with E-state index in [0.29, 0.717) is 17.6 Å². The third-order valence-corrected chi connectivity index (χ3v) is 6.49. The van der Waals surface area contributed by atoms with E-state index in [1.54, 1.807) is 0 Å². The van der Waals surface area contributed by atoms with Crippen LogP contribution in [-0.2, 0) is 9.53 Å². The van der Waals surface area contributed by atoms with E-state index in [2.05, 4.69) is 6.92 Å². The molecule has 1 heterocycles. The van der Waals surface area contributed by atoms with Crippen molar-refractivity contribution in [1.29, 1.82) is 0 Å². The molecule has 0 radical (unpaired) electrons. The van der Waals surface area contributed by atoms with E-state index in [4.69, 9.17) is 4.74 Å². The van der Waals surface area contributed by atoms with Gasteiger partial charge in [0, 0.05) is 18.4 Å². The van der Waals surface area contributed by atoms with Gasteiger partial charge < -0.3 is 4.74 Å². The van der Waals surface area contributed by atoms with Gasteiger partial charge in [0.05, 0.1) is 5.60 Å². The number of hydrogen-bond donors (Lipinski definition) is 0. The maximum absolute atomic E-state index is 12.9. The van der Waals surface area contributed by atoms with E-state index in [9.17, 15) is 4.79 Å². The van der Waals surface area contributed by atoms with Crippen molar-refractivity contribution in [3.05, 3.63) is 0 Å². The Morgan fingerprint density at radius 2 is 1.71 bits per heavy atom. The van der Waals surface area contributed by atoms with Crippen molar-refractivity contribution in [2.45, 2.75) is 89.6 Å². The lowest BCUT2D eigenvalue weighted by Gasteiger charge is -2.44. The highest BCUT2D eigenvalue weighted by molar-refractivity contribution is 5.83. The number of carbonyl (C=O) groups is 1. The Morgan fingerprint density at radius 1 is 1.00 bits per heavy atom. The Hall–Kier alpha value is -0.370. The largest absolute Gasteiger partial charge is 0.375 e. The van der Waals surface area contributed by atoms with Crippen LogP contribution in [0.25, 0.3) is 0 Å². The van der Waals surface area contributed by atoms with Gasteiger partial charge in [-0.25, -0.2) is 0 Å². The molecule has 3 fully saturated rings. The molecule has 1 aliphatic heterocycles. The molecule has 0 aromatic rings. The molecular weight excluding hydrogens is 260 g/mol. The third kappa shape index (κ3) is 3.52. The first kappa shape index (κ1) is 15.5. The van der Waals surface area contributed by atoms with Crippen LogP contribution in [0, 0.1) is 17.8 Å². The maximum Gasteiger partial charge on any atom is 0.139 e. The number of Topliss-reactive ketones (excluding diaryl/α,β-unsaturated/α-hetero) is 1. The molecule has 0 bridgehead atoms. The minimum Gasteiger partial charge on any atom is -0.375 e. The highest BCUT2D eigenvalue weighted by atomic mass is 16.5. The lowest BCUT2D eigenvalue weighted by molar-refractivity contribution is -0.147. The average Bonchev–Trinajstić information content (AvgIpc) is 2.55. The molecule has 0 aromatic carbocycles. The topological polar surface area (TPSA) is 26.3 Å². The maximum atomic E-state index is 12.9. The first-order valence-corrected chi connectivity index (χ1v) is 9.40. The van der Waals surface area contributed by atoms with E-state index in [0.717, 1.165) is 38.2 Å². The second-order valence-corrected chi connectivity index (χ2v) is 7.81. The van der Waals surface area contributed by atoms with E-state index in [1.165, 1.54) is 51.4 Å². The Labute approximate surface area is 130 Å². The fraction of sp³-hybridized carbons (Fsp3) is 0.947. The predicted molar refractivity (Wildman–Crippen MR) is 85.2 cm³/mol. The fourth-order valence-electron chi connectivity index (χ4n) is 5.00. The standard InChI is InChI=1S/C19H32O2/c1-2-15-6-8-16(9-7-15)18(20)17-10-13-21-19(14-17)11-4-3-5-12-19/h15-17H,2-14H2,1H3. The minimum absolute atomic E-state index is 0.0808. The quantitative estimate of drug-likeness (QED) is 0.739. The van der Waals surface area contributed by atoms with Crippen LogP contribution in [0.5, 0.6) is 0 Å². The van der Waals surface area contributed by atoms with Gasteiger partial charge in [-0.1, -0.05) is 32.6 Å². The van der Waals surface area contributed by atoms with Gasteiger partial charge in [-0.15, -0.1) is 0 Å². The molecule has 2 nitrogen and oxygen atoms in total. The summed E-state index contributed by atoms with van der Waals surface area (Å²) >= 11 is 0. The molecule has 2 aliphatic carbocycles. The van der Waals surface area contributed by atoms with Crippen LogP contribution in [-0.4, -0.2) is 18.0 Å². The van der Waals surface area contributed by atoms with Crippen LogP contribution in [0.15, 0.2) is 0 Å². The second-order valence-electron chi connectivity index (χ2n) is 7.81. The van der Waals surface area contributed by atoms with Crippen molar-refractivity contribution in [2.24, 2.45) is 17.8 Å². The van der Waals surface area contributed by atoms with Gasteiger partial charge in [-0.05, 0) is 57.3 Å². The van der Waals surface area contributed by atoms with Crippen LogP contribution in [0.4, 0.5) is 0 Å². The molecule has 3 rings (SSSR count). The van der Waals surface area contributed by atoms with Gasteiger partial charge in [0.15, 0.2) is 0 Å². The van der Waals surface area contributed by atoms with Crippen molar-refractivity contribution < 1.29 is 9.53 Å². The van der Waals surface area contributed by atoms with Gasteiger partial charge in [0.2, 0.25) is 0 Å². The highest BCUT2D eigenvalue weighted by Gasteiger charge is 2.42. The molecule has 2 saturated carbocycles. The number of ketones is 1. The van der Waals surface area contributed by atoms with Crippen LogP contribution < -0.4 is 0 Å². The lowest BCUT2D eigenvalue weighted by atomic mass is 9.70. The molecule has 21 heavy (non-hydrogen) atoms. The van der Waals surface area contributed by atoms with E-state index < -0.39 is 0 Å². The van der Waals surface area contributed by atoms with Crippen LogP contribution >= 0.6 is 0 Å². The van der Waals surface area contributed by atoms with Crippen molar-refractivity contribution >= 4 is 5.78 Å². The predicted octanol–water partition coefficient (Wildman–Crippen LogP) is 4.90. The molecule has 3 aliphatic rings. The Kier molecular flexibility index (Phi) is 5.03. The van der Waals surface area contributed by atoms with E-state index in [1.807, 2.05) is 0 Å². The van der Waals surface area contributed by atoms with Crippen LogP contribution in [0.1, 0.15) is 84.0 Å². The Morgan fingerprint density at radius 3 is 2.38 bits per heavy atom. The first-order valence-electron chi connectivity index (χ1n) is 9.40. The SMILES string of the molecule is CCC1CCC(C(=O)C2CCOC3(CCCCC3)C2)CC1. The monoisotopic (exact) mass is 292 g/mol. The normalized spacial score (nSPS) is 36.5. The van der Waals surface area contributed by atoms with Gasteiger partial charge in [-0.2, -0.15) is 0 Å². The van der Waals surface area contributed by atoms with E-state index in [-0.39, 0.29) is 5.60 Å². The van der Waals surface area contributed by atoms with Gasteiger partial charge in [0.1, 0.15) is 5.78 Å². The summed E-state index contributed by atoms with van der Waals surface area (Å²) in [5.41, 5.74) is 0.0808. The molecule has 1 saturated heterocycles. The molecule has 0 aromatic heterocycles. The summed E-state index contributed by atoms with van der Waals surface area (Å²) in [7, 11) is 0. The zero-order chi connectivity index (χ0) is 14.7. The molecule has 120 valence electrons. The molecule has 0 N–H and O–H groups in total. The Bertz CT molecular complexity index is 343. The van der Waals surface area contributed by atoms with Gasteiger partial charge in [0.25, 0.3) is 0 Å². The van der Waals surface area contributed by atoms with Gasteiger partial charge in [-0.3, -0.25) is 4.79 Å². The zero-order valence-electron chi connectivity index (χ0n) is 13.7. The first-order chi connectivity index (χ1) is 10.2. The van der Waals surface area contributed by atoms with E-state index >= 15 is 0 Å².